The van der Waals surface area contributed by atoms with Gasteiger partial charge < -0.3 is 5.32 Å². The predicted octanol–water partition coefficient (Wildman–Crippen LogP) is 4.91. The van der Waals surface area contributed by atoms with Crippen molar-refractivity contribution in [2.24, 2.45) is 0 Å². The molecule has 1 atom stereocenters. The van der Waals surface area contributed by atoms with Gasteiger partial charge in [-0.2, -0.15) is 0 Å². The van der Waals surface area contributed by atoms with E-state index in [9.17, 15) is 4.39 Å². The van der Waals surface area contributed by atoms with Crippen LogP contribution < -0.4 is 5.32 Å². The fourth-order valence-electron chi connectivity index (χ4n) is 1.97. The summed E-state index contributed by atoms with van der Waals surface area (Å²) >= 11 is 5.87. The Balaban J connectivity index is 1.90. The van der Waals surface area contributed by atoms with Gasteiger partial charge in [0.1, 0.15) is 5.82 Å². The molecular weight excluding hydrogens is 261 g/mol. The second kappa shape index (κ2) is 6.58. The van der Waals surface area contributed by atoms with E-state index in [0.29, 0.717) is 10.7 Å². The van der Waals surface area contributed by atoms with E-state index in [1.165, 1.54) is 11.6 Å². The monoisotopic (exact) mass is 277 g/mol. The van der Waals surface area contributed by atoms with Crippen molar-refractivity contribution in [2.75, 3.05) is 5.32 Å². The van der Waals surface area contributed by atoms with Crippen LogP contribution in [0.5, 0.6) is 0 Å². The summed E-state index contributed by atoms with van der Waals surface area (Å²) in [5.41, 5.74) is 1.76. The molecule has 3 heteroatoms. The van der Waals surface area contributed by atoms with Gasteiger partial charge in [-0.05, 0) is 43.5 Å². The molecule has 1 nitrogen and oxygen atoms in total. The van der Waals surface area contributed by atoms with Gasteiger partial charge in [-0.1, -0.05) is 41.9 Å². The molecule has 2 aromatic carbocycles. The number of anilines is 1. The van der Waals surface area contributed by atoms with Crippen LogP contribution in [0.25, 0.3) is 0 Å². The number of benzene rings is 2. The van der Waals surface area contributed by atoms with Crippen molar-refractivity contribution >= 4 is 17.3 Å². The normalized spacial score (nSPS) is 12.2. The lowest BCUT2D eigenvalue weighted by Crippen LogP contribution is -2.16. The summed E-state index contributed by atoms with van der Waals surface area (Å²) in [4.78, 5) is 0. The molecule has 1 unspecified atom stereocenters. The van der Waals surface area contributed by atoms with Crippen LogP contribution in [0.15, 0.2) is 48.5 Å². The van der Waals surface area contributed by atoms with Crippen LogP contribution in [0, 0.1) is 5.82 Å². The van der Waals surface area contributed by atoms with Crippen molar-refractivity contribution < 1.29 is 4.39 Å². The highest BCUT2D eigenvalue weighted by Crippen LogP contribution is 2.21. The molecule has 0 heterocycles. The molecular formula is C16H17ClFN. The molecule has 0 fully saturated rings. The Morgan fingerprint density at radius 2 is 1.89 bits per heavy atom. The first kappa shape index (κ1) is 13.9. The smallest absolute Gasteiger partial charge is 0.146 e. The van der Waals surface area contributed by atoms with Gasteiger partial charge in [0, 0.05) is 11.1 Å². The van der Waals surface area contributed by atoms with Crippen molar-refractivity contribution in [2.45, 2.75) is 25.8 Å². The van der Waals surface area contributed by atoms with E-state index in [-0.39, 0.29) is 11.9 Å². The minimum atomic E-state index is -0.268. The SMILES string of the molecule is CC(CCc1ccccc1)Nc1cc(Cl)ccc1F. The maximum absolute atomic E-state index is 13.6. The van der Waals surface area contributed by atoms with Gasteiger partial charge in [0.25, 0.3) is 0 Å². The van der Waals surface area contributed by atoms with Gasteiger partial charge in [-0.15, -0.1) is 0 Å². The Hall–Kier alpha value is -1.54. The van der Waals surface area contributed by atoms with Gasteiger partial charge in [0.15, 0.2) is 0 Å². The first-order valence-electron chi connectivity index (χ1n) is 6.40. The zero-order valence-electron chi connectivity index (χ0n) is 10.9. The van der Waals surface area contributed by atoms with E-state index >= 15 is 0 Å². The summed E-state index contributed by atoms with van der Waals surface area (Å²) in [5, 5.41) is 3.70. The van der Waals surface area contributed by atoms with Gasteiger partial charge in [-0.3, -0.25) is 0 Å². The number of rotatable bonds is 5. The Bertz CT molecular complexity index is 528. The van der Waals surface area contributed by atoms with E-state index in [1.54, 1.807) is 12.1 Å². The molecule has 0 aliphatic heterocycles. The average Bonchev–Trinajstić information content (AvgIpc) is 2.42. The quantitative estimate of drug-likeness (QED) is 0.818. The Morgan fingerprint density at radius 3 is 2.63 bits per heavy atom. The molecule has 2 aromatic rings. The average molecular weight is 278 g/mol. The zero-order valence-corrected chi connectivity index (χ0v) is 11.6. The maximum Gasteiger partial charge on any atom is 0.146 e. The third-order valence-electron chi connectivity index (χ3n) is 3.04. The number of halogens is 2. The highest BCUT2D eigenvalue weighted by Gasteiger charge is 2.07. The van der Waals surface area contributed by atoms with Crippen LogP contribution in [0.3, 0.4) is 0 Å². The fraction of sp³-hybridized carbons (Fsp3) is 0.250. The van der Waals surface area contributed by atoms with E-state index in [2.05, 4.69) is 17.4 Å². The maximum atomic E-state index is 13.6. The molecule has 0 saturated heterocycles. The summed E-state index contributed by atoms with van der Waals surface area (Å²) in [6, 6.07) is 15.0. The van der Waals surface area contributed by atoms with Crippen LogP contribution >= 0.6 is 11.6 Å². The van der Waals surface area contributed by atoms with E-state index in [1.807, 2.05) is 25.1 Å². The van der Waals surface area contributed by atoms with Gasteiger partial charge >= 0.3 is 0 Å². The minimum Gasteiger partial charge on any atom is -0.380 e. The summed E-state index contributed by atoms with van der Waals surface area (Å²) in [6.45, 7) is 2.04. The van der Waals surface area contributed by atoms with Crippen molar-refractivity contribution in [3.8, 4) is 0 Å². The number of aryl methyl sites for hydroxylation is 1. The van der Waals surface area contributed by atoms with Crippen LogP contribution in [-0.2, 0) is 6.42 Å². The lowest BCUT2D eigenvalue weighted by atomic mass is 10.1. The molecule has 0 bridgehead atoms. The van der Waals surface area contributed by atoms with E-state index in [4.69, 9.17) is 11.6 Å². The first-order chi connectivity index (χ1) is 9.15. The molecule has 0 aromatic heterocycles. The minimum absolute atomic E-state index is 0.188. The number of hydrogen-bond donors (Lipinski definition) is 1. The second-order valence-corrected chi connectivity index (χ2v) is 5.13. The molecule has 1 N–H and O–H groups in total. The molecule has 100 valence electrons. The van der Waals surface area contributed by atoms with Crippen LogP contribution in [0.4, 0.5) is 10.1 Å². The zero-order chi connectivity index (χ0) is 13.7. The predicted molar refractivity (Wildman–Crippen MR) is 79.3 cm³/mol. The highest BCUT2D eigenvalue weighted by atomic mass is 35.5. The standard InChI is InChI=1S/C16H17ClFN/c1-12(7-8-13-5-3-2-4-6-13)19-16-11-14(17)9-10-15(16)18/h2-6,9-12,19H,7-8H2,1H3. The molecule has 0 radical (unpaired) electrons. The van der Waals surface area contributed by atoms with Gasteiger partial charge in [-0.25, -0.2) is 4.39 Å². The largest absolute Gasteiger partial charge is 0.380 e. The summed E-state index contributed by atoms with van der Waals surface area (Å²) in [6.07, 6.45) is 1.91. The Labute approximate surface area is 118 Å². The molecule has 0 spiro atoms. The first-order valence-corrected chi connectivity index (χ1v) is 6.78. The highest BCUT2D eigenvalue weighted by molar-refractivity contribution is 6.30. The molecule has 0 aliphatic carbocycles. The van der Waals surface area contributed by atoms with Crippen molar-refractivity contribution in [1.82, 2.24) is 0 Å². The lowest BCUT2D eigenvalue weighted by molar-refractivity contribution is 0.622. The molecule has 0 amide bonds. The molecule has 2 rings (SSSR count). The topological polar surface area (TPSA) is 12.0 Å². The van der Waals surface area contributed by atoms with Crippen molar-refractivity contribution in [1.29, 1.82) is 0 Å². The van der Waals surface area contributed by atoms with Crippen LogP contribution in [-0.4, -0.2) is 6.04 Å². The fourth-order valence-corrected chi connectivity index (χ4v) is 2.15. The third kappa shape index (κ3) is 4.25. The van der Waals surface area contributed by atoms with Gasteiger partial charge in [0.2, 0.25) is 0 Å². The van der Waals surface area contributed by atoms with Gasteiger partial charge in [0.05, 0.1) is 5.69 Å². The Kier molecular flexibility index (Phi) is 4.80. The van der Waals surface area contributed by atoms with E-state index < -0.39 is 0 Å². The number of nitrogens with one attached hydrogen (secondary N) is 1. The Morgan fingerprint density at radius 1 is 1.16 bits per heavy atom. The van der Waals surface area contributed by atoms with Crippen LogP contribution in [0.1, 0.15) is 18.9 Å². The third-order valence-corrected chi connectivity index (χ3v) is 3.27. The second-order valence-electron chi connectivity index (χ2n) is 4.69. The van der Waals surface area contributed by atoms with Crippen molar-refractivity contribution in [3.63, 3.8) is 0 Å². The molecule has 0 aliphatic rings. The molecule has 19 heavy (non-hydrogen) atoms. The van der Waals surface area contributed by atoms with Crippen LogP contribution in [0.2, 0.25) is 5.02 Å². The van der Waals surface area contributed by atoms with Crippen molar-refractivity contribution in [3.05, 3.63) is 64.9 Å². The number of hydrogen-bond acceptors (Lipinski definition) is 1. The summed E-state index contributed by atoms with van der Waals surface area (Å²) in [7, 11) is 0. The van der Waals surface area contributed by atoms with E-state index in [0.717, 1.165) is 12.8 Å². The molecule has 0 saturated carbocycles. The summed E-state index contributed by atoms with van der Waals surface area (Å²) < 4.78 is 13.6. The summed E-state index contributed by atoms with van der Waals surface area (Å²) in [5.74, 6) is -0.268. The lowest BCUT2D eigenvalue weighted by Gasteiger charge is -2.16.